The molecular weight excluding hydrogens is 188 g/mol. The van der Waals surface area contributed by atoms with Gasteiger partial charge >= 0.3 is 5.97 Å². The molecule has 0 aromatic heterocycles. The summed E-state index contributed by atoms with van der Waals surface area (Å²) in [7, 11) is 0. The highest BCUT2D eigenvalue weighted by Gasteiger charge is 2.13. The van der Waals surface area contributed by atoms with Crippen LogP contribution >= 0.6 is 0 Å². The van der Waals surface area contributed by atoms with E-state index >= 15 is 0 Å². The minimum atomic E-state index is -1.19. The lowest BCUT2D eigenvalue weighted by atomic mass is 10.1. The van der Waals surface area contributed by atoms with E-state index < -0.39 is 17.4 Å². The molecule has 0 atom stereocenters. The molecule has 0 bridgehead atoms. The Morgan fingerprint density at radius 2 is 2.21 bits per heavy atom. The van der Waals surface area contributed by atoms with E-state index in [-0.39, 0.29) is 16.8 Å². The zero-order valence-electron chi connectivity index (χ0n) is 7.14. The van der Waals surface area contributed by atoms with E-state index in [1.165, 1.54) is 18.2 Å². The van der Waals surface area contributed by atoms with E-state index in [1.807, 2.05) is 0 Å². The number of aromatic carboxylic acids is 1. The third-order valence-electron chi connectivity index (χ3n) is 1.73. The zero-order chi connectivity index (χ0) is 10.7. The second kappa shape index (κ2) is 3.73. The molecule has 74 valence electrons. The minimum absolute atomic E-state index is 0.0447. The number of hydrogen-bond donors (Lipinski definition) is 2. The van der Waals surface area contributed by atoms with Crippen LogP contribution < -0.4 is 5.73 Å². The van der Waals surface area contributed by atoms with Crippen LogP contribution in [0, 0.1) is 10.1 Å². The number of nitrogen functional groups attached to an aromatic ring is 1. The first kappa shape index (κ1) is 9.97. The third kappa shape index (κ3) is 1.98. The summed E-state index contributed by atoms with van der Waals surface area (Å²) in [5, 5.41) is 18.9. The number of nitro groups is 1. The fourth-order valence-electron chi connectivity index (χ4n) is 1.08. The van der Waals surface area contributed by atoms with Gasteiger partial charge in [-0.3, -0.25) is 10.1 Å². The van der Waals surface area contributed by atoms with Crippen molar-refractivity contribution in [3.8, 4) is 0 Å². The number of benzene rings is 1. The van der Waals surface area contributed by atoms with E-state index in [1.54, 1.807) is 0 Å². The van der Waals surface area contributed by atoms with Crippen molar-refractivity contribution in [2.45, 2.75) is 6.54 Å². The van der Waals surface area contributed by atoms with Crippen molar-refractivity contribution in [2.75, 3.05) is 5.73 Å². The summed E-state index contributed by atoms with van der Waals surface area (Å²) >= 11 is 0. The van der Waals surface area contributed by atoms with Crippen molar-refractivity contribution >= 4 is 11.7 Å². The smallest absolute Gasteiger partial charge is 0.337 e. The van der Waals surface area contributed by atoms with Crippen molar-refractivity contribution < 1.29 is 14.8 Å². The summed E-state index contributed by atoms with van der Waals surface area (Å²) in [6.07, 6.45) is 0. The number of anilines is 1. The number of carboxylic acids is 1. The average Bonchev–Trinajstić information content (AvgIpc) is 2.07. The van der Waals surface area contributed by atoms with Crippen LogP contribution in [-0.2, 0) is 6.54 Å². The van der Waals surface area contributed by atoms with E-state index in [4.69, 9.17) is 10.8 Å². The molecule has 0 aliphatic heterocycles. The Balaban J connectivity index is 3.13. The molecule has 0 radical (unpaired) electrons. The van der Waals surface area contributed by atoms with Crippen molar-refractivity contribution in [1.29, 1.82) is 0 Å². The maximum atomic E-state index is 10.6. The number of rotatable bonds is 3. The topological polar surface area (TPSA) is 106 Å². The first-order valence-electron chi connectivity index (χ1n) is 3.75. The molecule has 1 aromatic rings. The Kier molecular flexibility index (Phi) is 2.66. The first-order valence-corrected chi connectivity index (χ1v) is 3.75. The molecule has 0 saturated heterocycles. The van der Waals surface area contributed by atoms with Crippen molar-refractivity contribution in [3.05, 3.63) is 39.4 Å². The molecule has 0 saturated carbocycles. The van der Waals surface area contributed by atoms with Crippen LogP contribution in [-0.4, -0.2) is 16.0 Å². The molecule has 1 rings (SSSR count). The van der Waals surface area contributed by atoms with Gasteiger partial charge in [-0.2, -0.15) is 0 Å². The number of nitrogens with zero attached hydrogens (tertiary/aromatic N) is 1. The standard InChI is InChI=1S/C8H8N2O4/c9-7-5(4-10(13)14)2-1-3-6(7)8(11)12/h1-3H,4,9H2,(H,11,12). The number of carboxylic acid groups (broad SMARTS) is 1. The number of hydrogen-bond acceptors (Lipinski definition) is 4. The van der Waals surface area contributed by atoms with Gasteiger partial charge in [-0.15, -0.1) is 0 Å². The third-order valence-corrected chi connectivity index (χ3v) is 1.73. The minimum Gasteiger partial charge on any atom is -0.478 e. The van der Waals surface area contributed by atoms with Crippen LogP contribution in [0.25, 0.3) is 0 Å². The first-order chi connectivity index (χ1) is 6.52. The lowest BCUT2D eigenvalue weighted by Crippen LogP contribution is -2.08. The summed E-state index contributed by atoms with van der Waals surface area (Å²) in [6.45, 7) is -0.465. The Morgan fingerprint density at radius 1 is 1.57 bits per heavy atom. The van der Waals surface area contributed by atoms with Gasteiger partial charge in [0.05, 0.1) is 11.3 Å². The summed E-state index contributed by atoms with van der Waals surface area (Å²) < 4.78 is 0. The Labute approximate surface area is 79.1 Å². The molecule has 0 spiro atoms. The fourth-order valence-corrected chi connectivity index (χ4v) is 1.08. The predicted molar refractivity (Wildman–Crippen MR) is 48.5 cm³/mol. The van der Waals surface area contributed by atoms with E-state index in [0.29, 0.717) is 0 Å². The van der Waals surface area contributed by atoms with Gasteiger partial charge in [0, 0.05) is 10.5 Å². The molecule has 0 fully saturated rings. The van der Waals surface area contributed by atoms with Crippen molar-refractivity contribution in [3.63, 3.8) is 0 Å². The Morgan fingerprint density at radius 3 is 2.71 bits per heavy atom. The molecule has 0 heterocycles. The highest BCUT2D eigenvalue weighted by molar-refractivity contribution is 5.94. The van der Waals surface area contributed by atoms with Crippen LogP contribution in [0.5, 0.6) is 0 Å². The van der Waals surface area contributed by atoms with Crippen molar-refractivity contribution in [1.82, 2.24) is 0 Å². The molecule has 14 heavy (non-hydrogen) atoms. The number of carbonyl (C=O) groups is 1. The predicted octanol–water partition coefficient (Wildman–Crippen LogP) is 0.744. The molecule has 1 aromatic carbocycles. The summed E-state index contributed by atoms with van der Waals surface area (Å²) in [6, 6.07) is 4.17. The largest absolute Gasteiger partial charge is 0.478 e. The van der Waals surface area contributed by atoms with Crippen LogP contribution in [0.3, 0.4) is 0 Å². The second-order valence-corrected chi connectivity index (χ2v) is 2.67. The van der Waals surface area contributed by atoms with Gasteiger partial charge in [0.25, 0.3) is 0 Å². The van der Waals surface area contributed by atoms with Gasteiger partial charge < -0.3 is 10.8 Å². The van der Waals surface area contributed by atoms with Gasteiger partial charge in [0.1, 0.15) is 0 Å². The molecule has 6 heteroatoms. The summed E-state index contributed by atoms with van der Waals surface area (Å²) in [4.78, 5) is 20.3. The number of nitrogens with two attached hydrogens (primary N) is 1. The quantitative estimate of drug-likeness (QED) is 0.421. The highest BCUT2D eigenvalue weighted by Crippen LogP contribution is 2.17. The van der Waals surface area contributed by atoms with E-state index in [2.05, 4.69) is 0 Å². The molecular formula is C8H8N2O4. The van der Waals surface area contributed by atoms with Crippen molar-refractivity contribution in [2.24, 2.45) is 0 Å². The molecule has 0 unspecified atom stereocenters. The second-order valence-electron chi connectivity index (χ2n) is 2.67. The summed E-state index contributed by atoms with van der Waals surface area (Å²) in [5.74, 6) is -1.19. The molecule has 6 nitrogen and oxygen atoms in total. The maximum absolute atomic E-state index is 10.6. The Bertz CT molecular complexity index is 389. The lowest BCUT2D eigenvalue weighted by molar-refractivity contribution is -0.496. The van der Waals surface area contributed by atoms with E-state index in [0.717, 1.165) is 0 Å². The maximum Gasteiger partial charge on any atom is 0.337 e. The van der Waals surface area contributed by atoms with Crippen LogP contribution in [0.15, 0.2) is 18.2 Å². The van der Waals surface area contributed by atoms with Gasteiger partial charge in [0.2, 0.25) is 6.54 Å². The normalized spacial score (nSPS) is 9.71. The zero-order valence-corrected chi connectivity index (χ0v) is 7.14. The lowest BCUT2D eigenvalue weighted by Gasteiger charge is -2.03. The highest BCUT2D eigenvalue weighted by atomic mass is 16.6. The summed E-state index contributed by atoms with van der Waals surface area (Å²) in [5.41, 5.74) is 5.51. The van der Waals surface area contributed by atoms with Crippen LogP contribution in [0.4, 0.5) is 5.69 Å². The molecule has 0 aliphatic carbocycles. The van der Waals surface area contributed by atoms with Crippen LogP contribution in [0.2, 0.25) is 0 Å². The van der Waals surface area contributed by atoms with Gasteiger partial charge in [0.15, 0.2) is 0 Å². The van der Waals surface area contributed by atoms with Gasteiger partial charge in [-0.1, -0.05) is 12.1 Å². The van der Waals surface area contributed by atoms with Gasteiger partial charge in [-0.05, 0) is 6.07 Å². The van der Waals surface area contributed by atoms with Gasteiger partial charge in [-0.25, -0.2) is 4.79 Å². The van der Waals surface area contributed by atoms with E-state index in [9.17, 15) is 14.9 Å². The SMILES string of the molecule is Nc1c(C[N+](=O)[O-])cccc1C(=O)O. The molecule has 3 N–H and O–H groups in total. The Hall–Kier alpha value is -2.11. The molecule has 0 aliphatic rings. The van der Waals surface area contributed by atoms with Crippen LogP contribution in [0.1, 0.15) is 15.9 Å². The number of para-hydroxylation sites is 1. The average molecular weight is 196 g/mol. The fraction of sp³-hybridized carbons (Fsp3) is 0.125. The molecule has 0 amide bonds. The monoisotopic (exact) mass is 196 g/mol.